The molecule has 0 aliphatic carbocycles. The minimum absolute atomic E-state index is 0.443. The second-order valence-electron chi connectivity index (χ2n) is 6.55. The van der Waals surface area contributed by atoms with Gasteiger partial charge in [0.2, 0.25) is 0 Å². The first-order valence-electron chi connectivity index (χ1n) is 8.45. The Balaban J connectivity index is 1.73. The summed E-state index contributed by atoms with van der Waals surface area (Å²) in [6.45, 7) is 7.48. The first-order valence-corrected chi connectivity index (χ1v) is 8.45. The van der Waals surface area contributed by atoms with E-state index in [1.54, 1.807) is 7.11 Å². The summed E-state index contributed by atoms with van der Waals surface area (Å²) in [5, 5.41) is 6.03. The smallest absolute Gasteiger partial charge is 0.119 e. The lowest BCUT2D eigenvalue weighted by molar-refractivity contribution is 0.415. The molecule has 2 heteroatoms. The predicted octanol–water partition coefficient (Wildman–Crippen LogP) is 5.68. The van der Waals surface area contributed by atoms with Gasteiger partial charge in [0.1, 0.15) is 5.75 Å². The molecule has 0 radical (unpaired) electrons. The third kappa shape index (κ3) is 3.53. The average Bonchev–Trinajstić information content (AvgIpc) is 2.61. The van der Waals surface area contributed by atoms with Crippen molar-refractivity contribution in [3.63, 3.8) is 0 Å². The van der Waals surface area contributed by atoms with Gasteiger partial charge in [0, 0.05) is 12.2 Å². The quantitative estimate of drug-likeness (QED) is 0.653. The fourth-order valence-electron chi connectivity index (χ4n) is 2.92. The van der Waals surface area contributed by atoms with E-state index in [-0.39, 0.29) is 0 Å². The van der Waals surface area contributed by atoms with Crippen LogP contribution in [0.5, 0.6) is 5.75 Å². The molecule has 3 rings (SSSR count). The molecule has 0 aromatic heterocycles. The highest BCUT2D eigenvalue weighted by atomic mass is 16.5. The highest BCUT2D eigenvalue weighted by Crippen LogP contribution is 2.25. The number of hydrogen-bond donors (Lipinski definition) is 1. The van der Waals surface area contributed by atoms with Crippen LogP contribution in [0.1, 0.15) is 29.5 Å². The maximum atomic E-state index is 5.30. The second kappa shape index (κ2) is 6.96. The minimum atomic E-state index is 0.443. The van der Waals surface area contributed by atoms with E-state index in [4.69, 9.17) is 4.74 Å². The van der Waals surface area contributed by atoms with E-state index < -0.39 is 0 Å². The number of hydrogen-bond acceptors (Lipinski definition) is 2. The van der Waals surface area contributed by atoms with Gasteiger partial charge in [-0.1, -0.05) is 37.3 Å². The molecular formula is C22H25NO. The van der Waals surface area contributed by atoms with Crippen LogP contribution in [0.15, 0.2) is 54.6 Å². The lowest BCUT2D eigenvalue weighted by Crippen LogP contribution is -2.10. The van der Waals surface area contributed by atoms with Crippen molar-refractivity contribution in [2.45, 2.75) is 26.7 Å². The zero-order valence-corrected chi connectivity index (χ0v) is 14.9. The second-order valence-corrected chi connectivity index (χ2v) is 6.55. The Labute approximate surface area is 144 Å². The van der Waals surface area contributed by atoms with Crippen LogP contribution in [-0.2, 0) is 0 Å². The van der Waals surface area contributed by atoms with Gasteiger partial charge in [0.05, 0.1) is 7.11 Å². The highest BCUT2D eigenvalue weighted by molar-refractivity contribution is 5.84. The summed E-state index contributed by atoms with van der Waals surface area (Å²) in [5.41, 5.74) is 5.20. The number of benzene rings is 3. The van der Waals surface area contributed by atoms with Gasteiger partial charge in [0.25, 0.3) is 0 Å². The van der Waals surface area contributed by atoms with Gasteiger partial charge in [-0.25, -0.2) is 0 Å². The van der Waals surface area contributed by atoms with Crippen LogP contribution in [0.25, 0.3) is 10.8 Å². The Hall–Kier alpha value is -2.48. The number of rotatable bonds is 5. The lowest BCUT2D eigenvalue weighted by Gasteiger charge is -2.16. The summed E-state index contributed by atoms with van der Waals surface area (Å²) in [4.78, 5) is 0. The molecule has 0 saturated carbocycles. The molecule has 3 aromatic rings. The largest absolute Gasteiger partial charge is 0.497 e. The normalized spacial score (nSPS) is 12.2. The molecule has 0 aliphatic rings. The maximum Gasteiger partial charge on any atom is 0.119 e. The molecule has 2 nitrogen and oxygen atoms in total. The molecule has 124 valence electrons. The molecule has 0 bridgehead atoms. The van der Waals surface area contributed by atoms with Crippen LogP contribution in [0, 0.1) is 13.8 Å². The van der Waals surface area contributed by atoms with E-state index in [1.165, 1.54) is 33.2 Å². The Morgan fingerprint density at radius 3 is 2.38 bits per heavy atom. The summed E-state index contributed by atoms with van der Waals surface area (Å²) in [6.07, 6.45) is 0. The number of ether oxygens (including phenoxy) is 1. The van der Waals surface area contributed by atoms with E-state index >= 15 is 0 Å². The number of anilines is 1. The molecule has 1 N–H and O–H groups in total. The van der Waals surface area contributed by atoms with E-state index in [9.17, 15) is 0 Å². The van der Waals surface area contributed by atoms with Crippen molar-refractivity contribution in [1.29, 1.82) is 0 Å². The van der Waals surface area contributed by atoms with Gasteiger partial charge in [-0.2, -0.15) is 0 Å². The lowest BCUT2D eigenvalue weighted by atomic mass is 9.97. The molecule has 0 spiro atoms. The molecule has 1 atom stereocenters. The third-order valence-electron chi connectivity index (χ3n) is 4.76. The predicted molar refractivity (Wildman–Crippen MR) is 103 cm³/mol. The van der Waals surface area contributed by atoms with E-state index in [0.717, 1.165) is 12.3 Å². The highest BCUT2D eigenvalue weighted by Gasteiger charge is 2.07. The van der Waals surface area contributed by atoms with E-state index in [1.807, 2.05) is 6.07 Å². The molecule has 0 fully saturated rings. The molecule has 0 aliphatic heterocycles. The van der Waals surface area contributed by atoms with Crippen molar-refractivity contribution >= 4 is 16.5 Å². The fraction of sp³-hybridized carbons (Fsp3) is 0.273. The topological polar surface area (TPSA) is 21.3 Å². The maximum absolute atomic E-state index is 5.30. The average molecular weight is 319 g/mol. The SMILES string of the molecule is COc1ccc2cc(C(C)CNc3ccc(C)c(C)c3)ccc2c1. The van der Waals surface area contributed by atoms with Crippen molar-refractivity contribution in [3.8, 4) is 5.75 Å². The van der Waals surface area contributed by atoms with Crippen LogP contribution >= 0.6 is 0 Å². The first kappa shape index (κ1) is 16.4. The van der Waals surface area contributed by atoms with Crippen molar-refractivity contribution in [2.75, 3.05) is 19.0 Å². The summed E-state index contributed by atoms with van der Waals surface area (Å²) < 4.78 is 5.30. The zero-order valence-electron chi connectivity index (χ0n) is 14.9. The first-order chi connectivity index (χ1) is 11.6. The number of fused-ring (bicyclic) bond motifs is 1. The summed E-state index contributed by atoms with van der Waals surface area (Å²) >= 11 is 0. The molecule has 0 heterocycles. The van der Waals surface area contributed by atoms with Gasteiger partial charge >= 0.3 is 0 Å². The molecule has 24 heavy (non-hydrogen) atoms. The van der Waals surface area contributed by atoms with Gasteiger partial charge in [0.15, 0.2) is 0 Å². The Bertz CT molecular complexity index is 854. The van der Waals surface area contributed by atoms with Gasteiger partial charge in [-0.05, 0) is 71.5 Å². The third-order valence-corrected chi connectivity index (χ3v) is 4.76. The van der Waals surface area contributed by atoms with Crippen molar-refractivity contribution < 1.29 is 4.74 Å². The summed E-state index contributed by atoms with van der Waals surface area (Å²) in [6, 6.07) is 19.4. The minimum Gasteiger partial charge on any atom is -0.497 e. The van der Waals surface area contributed by atoms with Crippen molar-refractivity contribution in [2.24, 2.45) is 0 Å². The van der Waals surface area contributed by atoms with Gasteiger partial charge < -0.3 is 10.1 Å². The molecule has 0 saturated heterocycles. The molecule has 0 amide bonds. The zero-order chi connectivity index (χ0) is 17.1. The number of aryl methyl sites for hydroxylation is 2. The van der Waals surface area contributed by atoms with Gasteiger partial charge in [-0.15, -0.1) is 0 Å². The van der Waals surface area contributed by atoms with Crippen molar-refractivity contribution in [3.05, 3.63) is 71.3 Å². The van der Waals surface area contributed by atoms with Crippen LogP contribution in [0.4, 0.5) is 5.69 Å². The van der Waals surface area contributed by atoms with Crippen LogP contribution in [-0.4, -0.2) is 13.7 Å². The van der Waals surface area contributed by atoms with Crippen LogP contribution in [0.3, 0.4) is 0 Å². The standard InChI is InChI=1S/C22H25NO/c1-15-5-9-21(11-16(15)2)23-14-17(3)18-6-7-20-13-22(24-4)10-8-19(20)12-18/h5-13,17,23H,14H2,1-4H3. The van der Waals surface area contributed by atoms with E-state index in [2.05, 4.69) is 74.6 Å². The Morgan fingerprint density at radius 2 is 1.62 bits per heavy atom. The summed E-state index contributed by atoms with van der Waals surface area (Å²) in [7, 11) is 1.70. The number of nitrogens with one attached hydrogen (secondary N) is 1. The van der Waals surface area contributed by atoms with Crippen molar-refractivity contribution in [1.82, 2.24) is 0 Å². The monoisotopic (exact) mass is 319 g/mol. The molecular weight excluding hydrogens is 294 g/mol. The van der Waals surface area contributed by atoms with Gasteiger partial charge in [-0.3, -0.25) is 0 Å². The van der Waals surface area contributed by atoms with Crippen LogP contribution in [0.2, 0.25) is 0 Å². The summed E-state index contributed by atoms with van der Waals surface area (Å²) in [5.74, 6) is 1.35. The molecule has 3 aromatic carbocycles. The number of methoxy groups -OCH3 is 1. The Morgan fingerprint density at radius 1 is 0.875 bits per heavy atom. The van der Waals surface area contributed by atoms with E-state index in [0.29, 0.717) is 5.92 Å². The molecule has 1 unspecified atom stereocenters. The van der Waals surface area contributed by atoms with Crippen LogP contribution < -0.4 is 10.1 Å². The Kier molecular flexibility index (Phi) is 4.75. The fourth-order valence-corrected chi connectivity index (χ4v) is 2.92.